The molecule has 0 saturated carbocycles. The third kappa shape index (κ3) is 3.94. The molecule has 0 fully saturated rings. The third-order valence-corrected chi connectivity index (χ3v) is 1.63. The monoisotopic (exact) mass is 188 g/mol. The van der Waals surface area contributed by atoms with E-state index in [9.17, 15) is 4.79 Å². The molecule has 0 aromatic carbocycles. The van der Waals surface area contributed by atoms with Gasteiger partial charge in [0.1, 0.15) is 0 Å². The Balaban J connectivity index is 4.51. The van der Waals surface area contributed by atoms with Gasteiger partial charge in [-0.3, -0.25) is 0 Å². The Morgan fingerprint density at radius 2 is 2.00 bits per heavy atom. The lowest BCUT2D eigenvalue weighted by Crippen LogP contribution is -2.10. The Morgan fingerprint density at radius 3 is 2.31 bits per heavy atom. The van der Waals surface area contributed by atoms with Crippen molar-refractivity contribution in [1.82, 2.24) is 0 Å². The summed E-state index contributed by atoms with van der Waals surface area (Å²) in [7, 11) is 1.35. The first-order chi connectivity index (χ1) is 6.17. The van der Waals surface area contributed by atoms with E-state index in [2.05, 4.69) is 0 Å². The van der Waals surface area contributed by atoms with Crippen LogP contribution in [0.25, 0.3) is 0 Å². The average Bonchev–Trinajstić information content (AvgIpc) is 2.11. The summed E-state index contributed by atoms with van der Waals surface area (Å²) in [5, 5.41) is 8.74. The van der Waals surface area contributed by atoms with Gasteiger partial charge in [0, 0.05) is 12.2 Å². The van der Waals surface area contributed by atoms with Crippen molar-refractivity contribution in [2.75, 3.05) is 20.3 Å². The van der Waals surface area contributed by atoms with E-state index in [1.165, 1.54) is 7.11 Å². The van der Waals surface area contributed by atoms with Crippen LogP contribution in [-0.2, 0) is 14.3 Å². The zero-order valence-corrected chi connectivity index (χ0v) is 8.29. The lowest BCUT2D eigenvalue weighted by Gasteiger charge is -2.08. The van der Waals surface area contributed by atoms with Gasteiger partial charge in [0.25, 0.3) is 0 Å². The van der Waals surface area contributed by atoms with Gasteiger partial charge in [0.15, 0.2) is 0 Å². The number of hydrogen-bond donors (Lipinski definition) is 1. The number of carboxylic acid groups (broad SMARTS) is 1. The number of rotatable bonds is 6. The molecule has 0 atom stereocenters. The van der Waals surface area contributed by atoms with Gasteiger partial charge in [-0.15, -0.1) is 0 Å². The van der Waals surface area contributed by atoms with Gasteiger partial charge in [-0.25, -0.2) is 4.79 Å². The van der Waals surface area contributed by atoms with Crippen molar-refractivity contribution in [3.05, 3.63) is 11.3 Å². The van der Waals surface area contributed by atoms with Gasteiger partial charge >= 0.3 is 5.97 Å². The molecule has 0 bridgehead atoms. The van der Waals surface area contributed by atoms with E-state index < -0.39 is 5.97 Å². The van der Waals surface area contributed by atoms with Crippen LogP contribution in [0.15, 0.2) is 11.3 Å². The van der Waals surface area contributed by atoms with Crippen molar-refractivity contribution in [3.63, 3.8) is 0 Å². The van der Waals surface area contributed by atoms with Crippen molar-refractivity contribution < 1.29 is 19.4 Å². The minimum Gasteiger partial charge on any atom is -0.490 e. The molecular weight excluding hydrogens is 172 g/mol. The summed E-state index contributed by atoms with van der Waals surface area (Å²) in [5.74, 6) is -1.05. The highest BCUT2D eigenvalue weighted by Crippen LogP contribution is 2.10. The van der Waals surface area contributed by atoms with Crippen LogP contribution in [0.1, 0.15) is 20.3 Å². The molecule has 0 aliphatic rings. The van der Waals surface area contributed by atoms with Gasteiger partial charge in [-0.05, 0) is 13.3 Å². The second-order valence-corrected chi connectivity index (χ2v) is 2.43. The summed E-state index contributed by atoms with van der Waals surface area (Å²) in [4.78, 5) is 10.7. The lowest BCUT2D eigenvalue weighted by molar-refractivity contribution is -0.136. The normalized spacial score (nSPS) is 12.2. The fraction of sp³-hybridized carbons (Fsp3) is 0.667. The standard InChI is InChI=1S/C9H16O4/c1-4-7(6-13-5-2)8(12-3)9(10)11/h4-6H2,1-3H3,(H,10,11)/b8-7-. The minimum absolute atomic E-state index is 0.00375. The molecule has 13 heavy (non-hydrogen) atoms. The third-order valence-electron chi connectivity index (χ3n) is 1.63. The molecule has 0 unspecified atom stereocenters. The maximum absolute atomic E-state index is 10.7. The molecule has 0 radical (unpaired) electrons. The second kappa shape index (κ2) is 6.48. The number of aliphatic carboxylic acids is 1. The van der Waals surface area contributed by atoms with Crippen molar-refractivity contribution in [1.29, 1.82) is 0 Å². The summed E-state index contributed by atoms with van der Waals surface area (Å²) < 4.78 is 9.88. The average molecular weight is 188 g/mol. The van der Waals surface area contributed by atoms with Crippen molar-refractivity contribution >= 4 is 5.97 Å². The summed E-state index contributed by atoms with van der Waals surface area (Å²) in [5.41, 5.74) is 0.678. The highest BCUT2D eigenvalue weighted by atomic mass is 16.5. The summed E-state index contributed by atoms with van der Waals surface area (Å²) in [6, 6.07) is 0. The van der Waals surface area contributed by atoms with Crippen LogP contribution >= 0.6 is 0 Å². The highest BCUT2D eigenvalue weighted by Gasteiger charge is 2.13. The van der Waals surface area contributed by atoms with Crippen molar-refractivity contribution in [2.24, 2.45) is 0 Å². The number of ether oxygens (including phenoxy) is 2. The molecule has 1 N–H and O–H groups in total. The van der Waals surface area contributed by atoms with Crippen LogP contribution in [0.4, 0.5) is 0 Å². The van der Waals surface area contributed by atoms with Gasteiger partial charge in [-0.2, -0.15) is 0 Å². The van der Waals surface area contributed by atoms with Gasteiger partial charge in [0.05, 0.1) is 13.7 Å². The topological polar surface area (TPSA) is 55.8 Å². The Morgan fingerprint density at radius 1 is 1.38 bits per heavy atom. The van der Waals surface area contributed by atoms with Crippen LogP contribution in [0, 0.1) is 0 Å². The molecule has 0 heterocycles. The molecule has 76 valence electrons. The quantitative estimate of drug-likeness (QED) is 0.506. The smallest absolute Gasteiger partial charge is 0.371 e. The van der Waals surface area contributed by atoms with E-state index in [-0.39, 0.29) is 5.76 Å². The number of methoxy groups -OCH3 is 1. The lowest BCUT2D eigenvalue weighted by atomic mass is 10.2. The Bertz CT molecular complexity index is 196. The number of carboxylic acids is 1. The molecule has 0 amide bonds. The van der Waals surface area contributed by atoms with Gasteiger partial charge < -0.3 is 14.6 Å². The highest BCUT2D eigenvalue weighted by molar-refractivity contribution is 5.85. The molecule has 4 nitrogen and oxygen atoms in total. The fourth-order valence-electron chi connectivity index (χ4n) is 0.936. The first-order valence-corrected chi connectivity index (χ1v) is 4.24. The molecular formula is C9H16O4. The van der Waals surface area contributed by atoms with E-state index in [0.717, 1.165) is 0 Å². The predicted octanol–water partition coefficient (Wildman–Crippen LogP) is 1.42. The van der Waals surface area contributed by atoms with Crippen LogP contribution < -0.4 is 0 Å². The molecule has 0 aliphatic carbocycles. The van der Waals surface area contributed by atoms with E-state index in [1.54, 1.807) is 0 Å². The van der Waals surface area contributed by atoms with Crippen LogP contribution in [-0.4, -0.2) is 31.4 Å². The number of hydrogen-bond acceptors (Lipinski definition) is 3. The van der Waals surface area contributed by atoms with E-state index in [0.29, 0.717) is 25.2 Å². The fourth-order valence-corrected chi connectivity index (χ4v) is 0.936. The molecule has 0 aromatic rings. The second-order valence-electron chi connectivity index (χ2n) is 2.43. The van der Waals surface area contributed by atoms with E-state index in [4.69, 9.17) is 14.6 Å². The minimum atomic E-state index is -1.04. The predicted molar refractivity (Wildman–Crippen MR) is 48.5 cm³/mol. The largest absolute Gasteiger partial charge is 0.490 e. The van der Waals surface area contributed by atoms with Crippen molar-refractivity contribution in [2.45, 2.75) is 20.3 Å². The van der Waals surface area contributed by atoms with E-state index >= 15 is 0 Å². The summed E-state index contributed by atoms with van der Waals surface area (Å²) in [6.45, 7) is 4.62. The Labute approximate surface area is 78.2 Å². The Hall–Kier alpha value is -1.03. The van der Waals surface area contributed by atoms with Crippen LogP contribution in [0.3, 0.4) is 0 Å². The molecule has 0 rings (SSSR count). The van der Waals surface area contributed by atoms with Gasteiger partial charge in [0.2, 0.25) is 5.76 Å². The first kappa shape index (κ1) is 12.0. The Kier molecular flexibility index (Phi) is 5.97. The molecule has 0 aromatic heterocycles. The van der Waals surface area contributed by atoms with Crippen LogP contribution in [0.2, 0.25) is 0 Å². The number of carbonyl (C=O) groups is 1. The molecule has 0 spiro atoms. The summed E-state index contributed by atoms with van der Waals surface area (Å²) >= 11 is 0. The van der Waals surface area contributed by atoms with Crippen molar-refractivity contribution in [3.8, 4) is 0 Å². The zero-order valence-electron chi connectivity index (χ0n) is 8.29. The molecule has 4 heteroatoms. The zero-order chi connectivity index (χ0) is 10.3. The maximum atomic E-state index is 10.7. The molecule has 0 aliphatic heterocycles. The van der Waals surface area contributed by atoms with Gasteiger partial charge in [-0.1, -0.05) is 6.92 Å². The maximum Gasteiger partial charge on any atom is 0.371 e. The van der Waals surface area contributed by atoms with Crippen LogP contribution in [0.5, 0.6) is 0 Å². The van der Waals surface area contributed by atoms with E-state index in [1.807, 2.05) is 13.8 Å². The molecule has 0 saturated heterocycles. The summed E-state index contributed by atoms with van der Waals surface area (Å²) in [6.07, 6.45) is 0.621. The first-order valence-electron chi connectivity index (χ1n) is 4.24. The SMILES string of the molecule is CCOC/C(CC)=C(\OC)C(=O)O.